The third-order valence-corrected chi connectivity index (χ3v) is 3.84. The lowest BCUT2D eigenvalue weighted by Gasteiger charge is -2.33. The van der Waals surface area contributed by atoms with Crippen LogP contribution in [0.2, 0.25) is 0 Å². The van der Waals surface area contributed by atoms with E-state index in [2.05, 4.69) is 15.7 Å². The number of hydrogen-bond donors (Lipinski definition) is 2. The standard InChI is InChI=1S/C16H27N5O3/c1-11-10-13(19-20(11)5)18-14(22)17-12-6-8-21(9-7-12)15(23)24-16(2,3)4/h10,12H,6-9H2,1-5H3,(H2,17,18,19,22). The predicted molar refractivity (Wildman–Crippen MR) is 90.9 cm³/mol. The molecule has 0 atom stereocenters. The number of hydrogen-bond acceptors (Lipinski definition) is 4. The van der Waals surface area contributed by atoms with Crippen LogP contribution in [0.1, 0.15) is 39.3 Å². The molecule has 1 fully saturated rings. The number of aryl methyl sites for hydroxylation is 2. The monoisotopic (exact) mass is 337 g/mol. The summed E-state index contributed by atoms with van der Waals surface area (Å²) in [6.45, 7) is 8.61. The van der Waals surface area contributed by atoms with Crippen molar-refractivity contribution in [2.24, 2.45) is 7.05 Å². The topological polar surface area (TPSA) is 88.5 Å². The summed E-state index contributed by atoms with van der Waals surface area (Å²) in [6.07, 6.45) is 1.11. The van der Waals surface area contributed by atoms with Crippen molar-refractivity contribution < 1.29 is 14.3 Å². The molecule has 3 amide bonds. The van der Waals surface area contributed by atoms with Crippen LogP contribution in [0.4, 0.5) is 15.4 Å². The minimum atomic E-state index is -0.493. The van der Waals surface area contributed by atoms with E-state index in [1.807, 2.05) is 40.8 Å². The molecule has 0 aromatic carbocycles. The van der Waals surface area contributed by atoms with Gasteiger partial charge in [0.1, 0.15) is 5.60 Å². The molecule has 2 heterocycles. The zero-order valence-corrected chi connectivity index (χ0v) is 15.0. The van der Waals surface area contributed by atoms with Crippen LogP contribution in [-0.4, -0.2) is 51.5 Å². The molecule has 1 aromatic heterocycles. The number of nitrogens with zero attached hydrogens (tertiary/aromatic N) is 3. The molecular formula is C16H27N5O3. The molecule has 0 bridgehead atoms. The molecule has 0 radical (unpaired) electrons. The number of urea groups is 1. The van der Waals surface area contributed by atoms with Crippen molar-refractivity contribution >= 4 is 17.9 Å². The Morgan fingerprint density at radius 1 is 1.29 bits per heavy atom. The van der Waals surface area contributed by atoms with Crippen LogP contribution < -0.4 is 10.6 Å². The molecule has 8 heteroatoms. The van der Waals surface area contributed by atoms with E-state index >= 15 is 0 Å². The van der Waals surface area contributed by atoms with Crippen molar-refractivity contribution in [1.82, 2.24) is 20.0 Å². The Balaban J connectivity index is 1.76. The van der Waals surface area contributed by atoms with Gasteiger partial charge in [-0.2, -0.15) is 5.10 Å². The number of nitrogens with one attached hydrogen (secondary N) is 2. The number of carbonyl (C=O) groups excluding carboxylic acids is 2. The highest BCUT2D eigenvalue weighted by molar-refractivity contribution is 5.88. The van der Waals surface area contributed by atoms with Crippen molar-refractivity contribution in [1.29, 1.82) is 0 Å². The van der Waals surface area contributed by atoms with Crippen LogP contribution in [0.15, 0.2) is 6.07 Å². The summed E-state index contributed by atoms with van der Waals surface area (Å²) in [4.78, 5) is 25.7. The second-order valence-electron chi connectivity index (χ2n) is 7.13. The number of piperidine rings is 1. The van der Waals surface area contributed by atoms with Gasteiger partial charge in [0.25, 0.3) is 0 Å². The minimum absolute atomic E-state index is 0.0356. The number of rotatable bonds is 2. The Kier molecular flexibility index (Phi) is 5.36. The van der Waals surface area contributed by atoms with E-state index in [1.54, 1.807) is 9.58 Å². The van der Waals surface area contributed by atoms with Crippen LogP contribution in [0.25, 0.3) is 0 Å². The fourth-order valence-electron chi connectivity index (χ4n) is 2.49. The Hall–Kier alpha value is -2.25. The van der Waals surface area contributed by atoms with Gasteiger partial charge in [0, 0.05) is 37.9 Å². The minimum Gasteiger partial charge on any atom is -0.444 e. The second kappa shape index (κ2) is 7.11. The highest BCUT2D eigenvalue weighted by atomic mass is 16.6. The van der Waals surface area contributed by atoms with Gasteiger partial charge in [0.15, 0.2) is 5.82 Å². The first-order valence-electron chi connectivity index (χ1n) is 8.20. The van der Waals surface area contributed by atoms with Crippen LogP contribution in [-0.2, 0) is 11.8 Å². The number of aromatic nitrogens is 2. The van der Waals surface area contributed by atoms with E-state index in [-0.39, 0.29) is 18.2 Å². The smallest absolute Gasteiger partial charge is 0.410 e. The molecule has 134 valence electrons. The van der Waals surface area contributed by atoms with Gasteiger partial charge in [-0.15, -0.1) is 0 Å². The van der Waals surface area contributed by atoms with Crippen molar-refractivity contribution in [2.75, 3.05) is 18.4 Å². The normalized spacial score (nSPS) is 16.0. The molecule has 1 aliphatic rings. The van der Waals surface area contributed by atoms with E-state index < -0.39 is 5.60 Å². The first kappa shape index (κ1) is 18.1. The maximum absolute atomic E-state index is 12.0. The molecule has 0 spiro atoms. The molecule has 2 rings (SSSR count). The summed E-state index contributed by atoms with van der Waals surface area (Å²) < 4.78 is 7.07. The van der Waals surface area contributed by atoms with Gasteiger partial charge in [0.2, 0.25) is 0 Å². The third-order valence-electron chi connectivity index (χ3n) is 3.84. The van der Waals surface area contributed by atoms with Crippen LogP contribution in [0, 0.1) is 6.92 Å². The van der Waals surface area contributed by atoms with Crippen LogP contribution >= 0.6 is 0 Å². The molecular weight excluding hydrogens is 310 g/mol. The highest BCUT2D eigenvalue weighted by Gasteiger charge is 2.27. The fourth-order valence-corrected chi connectivity index (χ4v) is 2.49. The summed E-state index contributed by atoms with van der Waals surface area (Å²) in [6, 6.07) is 1.57. The van der Waals surface area contributed by atoms with Crippen LogP contribution in [0.5, 0.6) is 0 Å². The third kappa shape index (κ3) is 5.14. The van der Waals surface area contributed by atoms with Gasteiger partial charge in [-0.25, -0.2) is 9.59 Å². The van der Waals surface area contributed by atoms with Crippen molar-refractivity contribution in [2.45, 2.75) is 52.2 Å². The van der Waals surface area contributed by atoms with Crippen LogP contribution in [0.3, 0.4) is 0 Å². The Labute approximate surface area is 142 Å². The Bertz CT molecular complexity index is 578. The molecule has 0 aliphatic carbocycles. The maximum atomic E-state index is 12.0. The van der Waals surface area contributed by atoms with E-state index in [4.69, 9.17) is 4.74 Å². The first-order chi connectivity index (χ1) is 11.1. The summed E-state index contributed by atoms with van der Waals surface area (Å²) in [5, 5.41) is 9.84. The first-order valence-corrected chi connectivity index (χ1v) is 8.20. The van der Waals surface area contributed by atoms with Gasteiger partial charge >= 0.3 is 12.1 Å². The Morgan fingerprint density at radius 3 is 2.42 bits per heavy atom. The maximum Gasteiger partial charge on any atom is 0.410 e. The number of ether oxygens (including phenoxy) is 1. The SMILES string of the molecule is Cc1cc(NC(=O)NC2CCN(C(=O)OC(C)(C)C)CC2)nn1C. The highest BCUT2D eigenvalue weighted by Crippen LogP contribution is 2.15. The van der Waals surface area contributed by atoms with Gasteiger partial charge in [-0.05, 0) is 40.5 Å². The summed E-state index contributed by atoms with van der Waals surface area (Å²) in [7, 11) is 1.82. The Morgan fingerprint density at radius 2 is 1.92 bits per heavy atom. The molecule has 0 unspecified atom stereocenters. The van der Waals surface area contributed by atoms with E-state index in [9.17, 15) is 9.59 Å². The lowest BCUT2D eigenvalue weighted by Crippen LogP contribution is -2.48. The molecule has 8 nitrogen and oxygen atoms in total. The quantitative estimate of drug-likeness (QED) is 0.866. The van der Waals surface area contributed by atoms with Gasteiger partial charge in [-0.3, -0.25) is 10.00 Å². The average Bonchev–Trinajstić information content (AvgIpc) is 2.75. The number of amides is 3. The predicted octanol–water partition coefficient (Wildman–Crippen LogP) is 2.25. The number of anilines is 1. The molecule has 24 heavy (non-hydrogen) atoms. The number of likely N-dealkylation sites (tertiary alicyclic amines) is 1. The molecule has 1 aliphatic heterocycles. The van der Waals surface area contributed by atoms with Gasteiger partial charge in [-0.1, -0.05) is 0 Å². The van der Waals surface area contributed by atoms with Gasteiger partial charge in [0.05, 0.1) is 0 Å². The second-order valence-corrected chi connectivity index (χ2v) is 7.13. The summed E-state index contributed by atoms with van der Waals surface area (Å²) in [5.74, 6) is 0.527. The average molecular weight is 337 g/mol. The fraction of sp³-hybridized carbons (Fsp3) is 0.688. The molecule has 1 aromatic rings. The summed E-state index contributed by atoms with van der Waals surface area (Å²) >= 11 is 0. The van der Waals surface area contributed by atoms with E-state index in [0.29, 0.717) is 31.7 Å². The zero-order chi connectivity index (χ0) is 17.9. The van der Waals surface area contributed by atoms with Crippen molar-refractivity contribution in [3.8, 4) is 0 Å². The van der Waals surface area contributed by atoms with Gasteiger partial charge < -0.3 is 15.0 Å². The molecule has 2 N–H and O–H groups in total. The summed E-state index contributed by atoms with van der Waals surface area (Å²) in [5.41, 5.74) is 0.475. The van der Waals surface area contributed by atoms with Crippen molar-refractivity contribution in [3.63, 3.8) is 0 Å². The van der Waals surface area contributed by atoms with E-state index in [1.165, 1.54) is 0 Å². The molecule has 0 saturated carbocycles. The molecule has 1 saturated heterocycles. The zero-order valence-electron chi connectivity index (χ0n) is 15.0. The lowest BCUT2D eigenvalue weighted by molar-refractivity contribution is 0.0202. The van der Waals surface area contributed by atoms with Crippen molar-refractivity contribution in [3.05, 3.63) is 11.8 Å². The van der Waals surface area contributed by atoms with E-state index in [0.717, 1.165) is 5.69 Å². The lowest BCUT2D eigenvalue weighted by atomic mass is 10.1. The largest absolute Gasteiger partial charge is 0.444 e. The number of carbonyl (C=O) groups is 2.